The minimum Gasteiger partial charge on any atom is -0.368 e. The number of rotatable bonds is 7. The van der Waals surface area contributed by atoms with Crippen molar-refractivity contribution in [1.82, 2.24) is 14.9 Å². The van der Waals surface area contributed by atoms with Crippen LogP contribution in [-0.2, 0) is 19.6 Å². The first-order valence-electron chi connectivity index (χ1n) is 9.86. The molecule has 0 aromatic heterocycles. The zero-order chi connectivity index (χ0) is 22.4. The van der Waals surface area contributed by atoms with Crippen molar-refractivity contribution in [2.75, 3.05) is 44.2 Å². The lowest BCUT2D eigenvalue weighted by Crippen LogP contribution is -2.51. The number of aryl methyl sites for hydroxylation is 1. The van der Waals surface area contributed by atoms with Gasteiger partial charge in [-0.2, -0.15) is 0 Å². The standard InChI is InChI=1S/C21H25ClN4O4S/c1-16-5-7-19(8-6-16)31(29,30)24-14-20(27)23-15-21(28)26-11-9-25(10-12-26)18-4-2-3-17(22)13-18/h2-8,13,24H,9-12,14-15H2,1H3,(H,23,27). The van der Waals surface area contributed by atoms with Gasteiger partial charge >= 0.3 is 0 Å². The highest BCUT2D eigenvalue weighted by Crippen LogP contribution is 2.20. The molecule has 2 aromatic rings. The summed E-state index contributed by atoms with van der Waals surface area (Å²) in [5.74, 6) is -0.776. The van der Waals surface area contributed by atoms with Gasteiger partial charge in [0.2, 0.25) is 21.8 Å². The first-order valence-corrected chi connectivity index (χ1v) is 11.7. The fraction of sp³-hybridized carbons (Fsp3) is 0.333. The van der Waals surface area contributed by atoms with Gasteiger partial charge in [0, 0.05) is 36.9 Å². The first-order chi connectivity index (χ1) is 14.7. The molecule has 10 heteroatoms. The SMILES string of the molecule is Cc1ccc(S(=O)(=O)NCC(=O)NCC(=O)N2CCN(c3cccc(Cl)c3)CC2)cc1. The number of amides is 2. The predicted molar refractivity (Wildman–Crippen MR) is 120 cm³/mol. The van der Waals surface area contributed by atoms with Crippen molar-refractivity contribution < 1.29 is 18.0 Å². The summed E-state index contributed by atoms with van der Waals surface area (Å²) in [6.45, 7) is 3.62. The quantitative estimate of drug-likeness (QED) is 0.645. The minimum atomic E-state index is -3.79. The molecular weight excluding hydrogens is 440 g/mol. The maximum Gasteiger partial charge on any atom is 0.242 e. The summed E-state index contributed by atoms with van der Waals surface area (Å²) < 4.78 is 26.7. The van der Waals surface area contributed by atoms with E-state index in [1.54, 1.807) is 17.0 Å². The molecule has 8 nitrogen and oxygen atoms in total. The lowest BCUT2D eigenvalue weighted by atomic mass is 10.2. The number of nitrogens with one attached hydrogen (secondary N) is 2. The number of carbonyl (C=O) groups excluding carboxylic acids is 2. The van der Waals surface area contributed by atoms with Gasteiger partial charge in [0.05, 0.1) is 18.0 Å². The average Bonchev–Trinajstić information content (AvgIpc) is 2.76. The fourth-order valence-corrected chi connectivity index (χ4v) is 4.36. The van der Waals surface area contributed by atoms with E-state index in [-0.39, 0.29) is 17.3 Å². The van der Waals surface area contributed by atoms with Gasteiger partial charge in [0.15, 0.2) is 0 Å². The molecule has 2 aromatic carbocycles. The van der Waals surface area contributed by atoms with Crippen LogP contribution < -0.4 is 14.9 Å². The molecule has 166 valence electrons. The van der Waals surface area contributed by atoms with E-state index in [0.29, 0.717) is 31.2 Å². The van der Waals surface area contributed by atoms with Gasteiger partial charge in [-0.05, 0) is 37.3 Å². The van der Waals surface area contributed by atoms with Gasteiger partial charge in [0.25, 0.3) is 0 Å². The zero-order valence-corrected chi connectivity index (χ0v) is 18.7. The molecule has 1 saturated heterocycles. The van der Waals surface area contributed by atoms with Crippen molar-refractivity contribution >= 4 is 39.1 Å². The van der Waals surface area contributed by atoms with Gasteiger partial charge in [0.1, 0.15) is 0 Å². The Labute approximate surface area is 187 Å². The number of carbonyl (C=O) groups is 2. The van der Waals surface area contributed by atoms with Crippen LogP contribution in [0.25, 0.3) is 0 Å². The Morgan fingerprint density at radius 3 is 2.32 bits per heavy atom. The highest BCUT2D eigenvalue weighted by Gasteiger charge is 2.22. The number of piperazine rings is 1. The lowest BCUT2D eigenvalue weighted by Gasteiger charge is -2.36. The normalized spacial score (nSPS) is 14.4. The molecule has 3 rings (SSSR count). The maximum absolute atomic E-state index is 12.4. The Balaban J connectivity index is 1.41. The van der Waals surface area contributed by atoms with Gasteiger partial charge < -0.3 is 15.1 Å². The van der Waals surface area contributed by atoms with Crippen molar-refractivity contribution in [3.63, 3.8) is 0 Å². The van der Waals surface area contributed by atoms with Crippen LogP contribution in [0.1, 0.15) is 5.56 Å². The topological polar surface area (TPSA) is 98.8 Å². The largest absolute Gasteiger partial charge is 0.368 e. The highest BCUT2D eigenvalue weighted by atomic mass is 35.5. The summed E-state index contributed by atoms with van der Waals surface area (Å²) in [6.07, 6.45) is 0. The third-order valence-corrected chi connectivity index (χ3v) is 6.65. The molecule has 0 saturated carbocycles. The zero-order valence-electron chi connectivity index (χ0n) is 17.2. The molecule has 0 spiro atoms. The van der Waals surface area contributed by atoms with E-state index in [2.05, 4.69) is 14.9 Å². The van der Waals surface area contributed by atoms with Crippen LogP contribution in [0.2, 0.25) is 5.02 Å². The number of nitrogens with zero attached hydrogens (tertiary/aromatic N) is 2. The van der Waals surface area contributed by atoms with Crippen molar-refractivity contribution in [1.29, 1.82) is 0 Å². The fourth-order valence-electron chi connectivity index (χ4n) is 3.20. The molecule has 1 aliphatic heterocycles. The number of benzene rings is 2. The molecule has 0 bridgehead atoms. The van der Waals surface area contributed by atoms with E-state index in [1.165, 1.54) is 12.1 Å². The number of anilines is 1. The Kier molecular flexibility index (Phi) is 7.53. The van der Waals surface area contributed by atoms with Crippen molar-refractivity contribution in [3.05, 3.63) is 59.1 Å². The van der Waals surface area contributed by atoms with Crippen LogP contribution in [-0.4, -0.2) is 64.4 Å². The van der Waals surface area contributed by atoms with Crippen LogP contribution in [0.15, 0.2) is 53.4 Å². The molecule has 0 aliphatic carbocycles. The van der Waals surface area contributed by atoms with Crippen LogP contribution in [0.3, 0.4) is 0 Å². The Bertz CT molecular complexity index is 1040. The number of halogens is 1. The third kappa shape index (κ3) is 6.43. The summed E-state index contributed by atoms with van der Waals surface area (Å²) in [7, 11) is -3.79. The summed E-state index contributed by atoms with van der Waals surface area (Å²) in [5, 5.41) is 3.14. The maximum atomic E-state index is 12.4. The van der Waals surface area contributed by atoms with Crippen LogP contribution >= 0.6 is 11.6 Å². The molecular formula is C21H25ClN4O4S. The molecule has 1 aliphatic rings. The van der Waals surface area contributed by atoms with Gasteiger partial charge in [-0.25, -0.2) is 13.1 Å². The van der Waals surface area contributed by atoms with E-state index in [1.807, 2.05) is 31.2 Å². The number of sulfonamides is 1. The minimum absolute atomic E-state index is 0.0829. The second-order valence-corrected chi connectivity index (χ2v) is 9.47. The Morgan fingerprint density at radius 2 is 1.68 bits per heavy atom. The molecule has 0 unspecified atom stereocenters. The summed E-state index contributed by atoms with van der Waals surface area (Å²) in [5.41, 5.74) is 1.94. The molecule has 0 atom stereocenters. The van der Waals surface area contributed by atoms with E-state index in [4.69, 9.17) is 11.6 Å². The summed E-state index contributed by atoms with van der Waals surface area (Å²) in [6, 6.07) is 13.9. The molecule has 1 fully saturated rings. The van der Waals surface area contributed by atoms with Gasteiger partial charge in [-0.15, -0.1) is 0 Å². The predicted octanol–water partition coefficient (Wildman–Crippen LogP) is 1.39. The van der Waals surface area contributed by atoms with Crippen LogP contribution in [0.4, 0.5) is 5.69 Å². The number of hydrogen-bond donors (Lipinski definition) is 2. The Morgan fingerprint density at radius 1 is 1.00 bits per heavy atom. The second kappa shape index (κ2) is 10.1. The van der Waals surface area contributed by atoms with Crippen molar-refractivity contribution in [2.24, 2.45) is 0 Å². The van der Waals surface area contributed by atoms with E-state index >= 15 is 0 Å². The smallest absolute Gasteiger partial charge is 0.242 e. The van der Waals surface area contributed by atoms with Crippen molar-refractivity contribution in [3.8, 4) is 0 Å². The summed E-state index contributed by atoms with van der Waals surface area (Å²) in [4.78, 5) is 28.3. The monoisotopic (exact) mass is 464 g/mol. The Hall–Kier alpha value is -2.62. The molecule has 2 N–H and O–H groups in total. The number of hydrogen-bond acceptors (Lipinski definition) is 5. The van der Waals surface area contributed by atoms with Crippen molar-refractivity contribution in [2.45, 2.75) is 11.8 Å². The second-order valence-electron chi connectivity index (χ2n) is 7.26. The highest BCUT2D eigenvalue weighted by molar-refractivity contribution is 7.89. The molecule has 1 heterocycles. The van der Waals surface area contributed by atoms with Crippen LogP contribution in [0, 0.1) is 6.92 Å². The third-order valence-electron chi connectivity index (χ3n) is 5.00. The molecule has 2 amide bonds. The summed E-state index contributed by atoms with van der Waals surface area (Å²) >= 11 is 6.03. The molecule has 31 heavy (non-hydrogen) atoms. The lowest BCUT2D eigenvalue weighted by molar-refractivity contribution is -0.132. The molecule has 0 radical (unpaired) electrons. The van der Waals surface area contributed by atoms with E-state index < -0.39 is 22.5 Å². The van der Waals surface area contributed by atoms with Gasteiger partial charge in [-0.1, -0.05) is 35.4 Å². The van der Waals surface area contributed by atoms with Crippen LogP contribution in [0.5, 0.6) is 0 Å². The van der Waals surface area contributed by atoms with E-state index in [9.17, 15) is 18.0 Å². The average molecular weight is 465 g/mol. The van der Waals surface area contributed by atoms with Gasteiger partial charge in [-0.3, -0.25) is 9.59 Å². The first kappa shape index (κ1) is 23.1. The van der Waals surface area contributed by atoms with E-state index in [0.717, 1.165) is 11.3 Å².